The molecule has 1 aliphatic rings. The molecule has 10 aromatic rings. The minimum Gasteiger partial charge on any atom is -0.310 e. The van der Waals surface area contributed by atoms with Crippen LogP contribution in [0.15, 0.2) is 237 Å². The van der Waals surface area contributed by atoms with Gasteiger partial charge in [0.25, 0.3) is 0 Å². The number of allylic oxidation sites excluding steroid dienone is 3. The summed E-state index contributed by atoms with van der Waals surface area (Å²) in [6, 6.07) is 79.9. The first-order chi connectivity index (χ1) is 30.8. The summed E-state index contributed by atoms with van der Waals surface area (Å²) < 4.78 is 0. The van der Waals surface area contributed by atoms with Crippen molar-refractivity contribution in [3.63, 3.8) is 0 Å². The van der Waals surface area contributed by atoms with E-state index in [0.717, 1.165) is 47.0 Å². The van der Waals surface area contributed by atoms with Crippen molar-refractivity contribution < 1.29 is 0 Å². The first kappa shape index (κ1) is 37.1. The molecule has 2 heteroatoms. The van der Waals surface area contributed by atoms with Gasteiger partial charge in [0, 0.05) is 34.1 Å². The molecular weight excluding hydrogens is 749 g/mol. The van der Waals surface area contributed by atoms with Crippen LogP contribution in [0.3, 0.4) is 0 Å². The Morgan fingerprint density at radius 1 is 0.323 bits per heavy atom. The van der Waals surface area contributed by atoms with Gasteiger partial charge in [-0.15, -0.1) is 0 Å². The second-order valence-corrected chi connectivity index (χ2v) is 16.0. The van der Waals surface area contributed by atoms with Crippen LogP contribution in [0.1, 0.15) is 17.5 Å². The van der Waals surface area contributed by atoms with Gasteiger partial charge in [-0.05, 0) is 163 Å². The first-order valence-corrected chi connectivity index (χ1v) is 21.6. The lowest BCUT2D eigenvalue weighted by molar-refractivity contribution is 0.996. The van der Waals surface area contributed by atoms with Crippen LogP contribution in [0.2, 0.25) is 0 Å². The molecule has 0 aromatic heterocycles. The number of para-hydroxylation sites is 4. The van der Waals surface area contributed by atoms with E-state index in [1.165, 1.54) is 65.7 Å². The zero-order chi connectivity index (χ0) is 41.2. The topological polar surface area (TPSA) is 6.48 Å². The summed E-state index contributed by atoms with van der Waals surface area (Å²) >= 11 is 0. The van der Waals surface area contributed by atoms with E-state index in [0.29, 0.717) is 0 Å². The van der Waals surface area contributed by atoms with Crippen molar-refractivity contribution in [2.45, 2.75) is 12.8 Å². The van der Waals surface area contributed by atoms with E-state index in [1.807, 2.05) is 0 Å². The molecule has 0 unspecified atom stereocenters. The Hall–Kier alpha value is -7.94. The third-order valence-corrected chi connectivity index (χ3v) is 12.2. The zero-order valence-corrected chi connectivity index (χ0v) is 34.4. The highest BCUT2D eigenvalue weighted by Gasteiger charge is 2.22. The number of aryl methyl sites for hydroxylation is 1. The molecule has 2 nitrogen and oxygen atoms in total. The Morgan fingerprint density at radius 2 is 0.790 bits per heavy atom. The molecule has 62 heavy (non-hydrogen) atoms. The smallest absolute Gasteiger partial charge is 0.0468 e. The highest BCUT2D eigenvalue weighted by atomic mass is 15.1. The molecule has 0 amide bonds. The lowest BCUT2D eigenvalue weighted by Gasteiger charge is -2.28. The largest absolute Gasteiger partial charge is 0.310 e. The summed E-state index contributed by atoms with van der Waals surface area (Å²) in [7, 11) is 0. The van der Waals surface area contributed by atoms with E-state index in [9.17, 15) is 0 Å². The van der Waals surface area contributed by atoms with Crippen molar-refractivity contribution in [1.29, 1.82) is 0 Å². The summed E-state index contributed by atoms with van der Waals surface area (Å²) in [5.41, 5.74) is 14.2. The van der Waals surface area contributed by atoms with Crippen LogP contribution >= 0.6 is 0 Å². The Morgan fingerprint density at radius 3 is 1.32 bits per heavy atom. The van der Waals surface area contributed by atoms with Crippen LogP contribution in [0.25, 0.3) is 60.6 Å². The van der Waals surface area contributed by atoms with Crippen LogP contribution in [0, 0.1) is 0 Å². The molecule has 0 bridgehead atoms. The summed E-state index contributed by atoms with van der Waals surface area (Å²) in [5.74, 6) is 0. The number of nitrogens with zero attached hydrogens (tertiary/aromatic N) is 2. The Kier molecular flexibility index (Phi) is 9.72. The second kappa shape index (κ2) is 16.3. The molecule has 11 rings (SSSR count). The molecule has 0 radical (unpaired) electrons. The van der Waals surface area contributed by atoms with Crippen molar-refractivity contribution in [3.05, 3.63) is 248 Å². The summed E-state index contributed by atoms with van der Waals surface area (Å²) in [5, 5.41) is 7.29. The van der Waals surface area contributed by atoms with Gasteiger partial charge < -0.3 is 9.80 Å². The van der Waals surface area contributed by atoms with Gasteiger partial charge in [0.1, 0.15) is 0 Å². The summed E-state index contributed by atoms with van der Waals surface area (Å²) in [6.45, 7) is 0. The second-order valence-electron chi connectivity index (χ2n) is 16.0. The summed E-state index contributed by atoms with van der Waals surface area (Å²) in [6.07, 6.45) is 11.0. The molecule has 0 heterocycles. The minimum absolute atomic E-state index is 1.02. The zero-order valence-electron chi connectivity index (χ0n) is 34.4. The van der Waals surface area contributed by atoms with Gasteiger partial charge in [-0.2, -0.15) is 0 Å². The average Bonchev–Trinajstić information content (AvgIpc) is 3.32. The fraction of sp³-hybridized carbons (Fsp3) is 0.0333. The van der Waals surface area contributed by atoms with Crippen LogP contribution in [-0.4, -0.2) is 0 Å². The maximum atomic E-state index is 2.43. The third kappa shape index (κ3) is 6.92. The van der Waals surface area contributed by atoms with Gasteiger partial charge in [-0.1, -0.05) is 158 Å². The predicted octanol–water partition coefficient (Wildman–Crippen LogP) is 16.9. The number of anilines is 6. The van der Waals surface area contributed by atoms with Crippen molar-refractivity contribution in [2.75, 3.05) is 9.80 Å². The number of fused-ring (bicyclic) bond motifs is 4. The lowest BCUT2D eigenvalue weighted by atomic mass is 9.84. The van der Waals surface area contributed by atoms with Crippen molar-refractivity contribution in [3.8, 4) is 22.3 Å². The molecule has 0 saturated heterocycles. The van der Waals surface area contributed by atoms with E-state index < -0.39 is 0 Å². The van der Waals surface area contributed by atoms with Crippen molar-refractivity contribution in [1.82, 2.24) is 0 Å². The van der Waals surface area contributed by atoms with Crippen LogP contribution < -0.4 is 9.80 Å². The Bertz CT molecular complexity index is 3200. The quantitative estimate of drug-likeness (QED) is 0.141. The number of hydrogen-bond acceptors (Lipinski definition) is 2. The van der Waals surface area contributed by atoms with Crippen molar-refractivity contribution >= 4 is 72.5 Å². The monoisotopic (exact) mass is 792 g/mol. The molecule has 0 aliphatic heterocycles. The van der Waals surface area contributed by atoms with Crippen LogP contribution in [-0.2, 0) is 6.42 Å². The predicted molar refractivity (Wildman–Crippen MR) is 266 cm³/mol. The van der Waals surface area contributed by atoms with E-state index >= 15 is 0 Å². The van der Waals surface area contributed by atoms with Gasteiger partial charge in [-0.3, -0.25) is 0 Å². The minimum atomic E-state index is 1.02. The molecular formula is C60H44N2. The number of benzene rings is 10. The lowest BCUT2D eigenvalue weighted by Crippen LogP contribution is -2.10. The normalized spacial score (nSPS) is 13.3. The third-order valence-electron chi connectivity index (χ3n) is 12.2. The first-order valence-electron chi connectivity index (χ1n) is 21.6. The molecule has 0 atom stereocenters. The highest BCUT2D eigenvalue weighted by molar-refractivity contribution is 6.23. The van der Waals surface area contributed by atoms with Crippen molar-refractivity contribution in [2.24, 2.45) is 0 Å². The van der Waals surface area contributed by atoms with Crippen LogP contribution in [0.5, 0.6) is 0 Å². The molecule has 0 N–H and O–H groups in total. The maximum Gasteiger partial charge on any atom is 0.0468 e. The fourth-order valence-electron chi connectivity index (χ4n) is 9.36. The number of hydrogen-bond donors (Lipinski definition) is 0. The molecule has 0 saturated carbocycles. The van der Waals surface area contributed by atoms with E-state index in [2.05, 4.69) is 252 Å². The Labute approximate surface area is 363 Å². The van der Waals surface area contributed by atoms with Gasteiger partial charge >= 0.3 is 0 Å². The molecule has 1 aliphatic carbocycles. The van der Waals surface area contributed by atoms with Crippen LogP contribution in [0.4, 0.5) is 34.1 Å². The molecule has 0 spiro atoms. The maximum absolute atomic E-state index is 2.43. The van der Waals surface area contributed by atoms with Gasteiger partial charge in [0.15, 0.2) is 0 Å². The molecule has 294 valence electrons. The molecule has 10 aromatic carbocycles. The number of rotatable bonds is 8. The Balaban J connectivity index is 1.26. The molecule has 0 fully saturated rings. The van der Waals surface area contributed by atoms with Gasteiger partial charge in [-0.25, -0.2) is 0 Å². The van der Waals surface area contributed by atoms with Gasteiger partial charge in [0.05, 0.1) is 0 Å². The van der Waals surface area contributed by atoms with E-state index in [4.69, 9.17) is 0 Å². The average molecular weight is 793 g/mol. The standard InChI is InChI=1S/C60H44N2/c1-2-8-21-45-39-47(33-31-43(45)19-7-1)59-55-37-35-54(62(51-27-13-5-14-28-51)52-29-15-6-16-30-52)42-58(55)60(48-34-32-44-20-17-18-22-46(44)40-48)56-38-36-53(41-57(56)59)61(49-23-9-3-10-24-49)50-25-11-4-12-26-50/h1-6,8-18,20-42H,7,19H2/b2-1-,21-8-. The van der Waals surface area contributed by atoms with E-state index in [-0.39, 0.29) is 0 Å². The SMILES string of the molecule is C1=C\CCc2ccc(-c3c4ccc(N(c5ccccc5)c5ccccc5)cc4c(-c4ccc5ccccc5c4)c4ccc(N(c5ccccc5)c5ccccc5)cc34)cc2\C=C/1. The summed E-state index contributed by atoms with van der Waals surface area (Å²) in [4.78, 5) is 4.75. The highest BCUT2D eigenvalue weighted by Crippen LogP contribution is 2.49. The van der Waals surface area contributed by atoms with Gasteiger partial charge in [0.2, 0.25) is 0 Å². The fourth-order valence-corrected chi connectivity index (χ4v) is 9.36. The van der Waals surface area contributed by atoms with E-state index in [1.54, 1.807) is 0 Å².